The lowest BCUT2D eigenvalue weighted by Crippen LogP contribution is -1.99. The van der Waals surface area contributed by atoms with Crippen molar-refractivity contribution < 1.29 is 19.1 Å². The summed E-state index contributed by atoms with van der Waals surface area (Å²) in [6, 6.07) is 4.98. The van der Waals surface area contributed by atoms with Crippen LogP contribution < -0.4 is 4.74 Å². The lowest BCUT2D eigenvalue weighted by Gasteiger charge is -2.05. The molecular weight excluding hydrogens is 248 g/mol. The Hall–Kier alpha value is -2.08. The van der Waals surface area contributed by atoms with Crippen LogP contribution in [0.25, 0.3) is 11.5 Å². The number of phenolic OH excluding ortho intramolecular Hbond substituents is 1. The zero-order chi connectivity index (χ0) is 13.2. The number of phenols is 1. The molecule has 0 amide bonds. The maximum absolute atomic E-state index is 9.92. The molecule has 0 saturated carbocycles. The van der Waals surface area contributed by atoms with E-state index in [9.17, 15) is 5.11 Å². The number of ether oxygens (including phenoxy) is 2. The molecule has 1 aromatic carbocycles. The minimum Gasteiger partial charge on any atom is -0.507 e. The van der Waals surface area contributed by atoms with Crippen molar-refractivity contribution in [1.82, 2.24) is 10.1 Å². The van der Waals surface area contributed by atoms with Gasteiger partial charge in [0.1, 0.15) is 17.1 Å². The Morgan fingerprint density at radius 1 is 1.42 bits per heavy atom. The van der Waals surface area contributed by atoms with Gasteiger partial charge in [-0.15, -0.1) is 0 Å². The van der Waals surface area contributed by atoms with E-state index in [1.54, 1.807) is 18.2 Å². The normalized spacial score (nSPS) is 18.7. The molecule has 3 rings (SSSR count). The summed E-state index contributed by atoms with van der Waals surface area (Å²) in [7, 11) is 1.53. The van der Waals surface area contributed by atoms with Gasteiger partial charge < -0.3 is 19.1 Å². The lowest BCUT2D eigenvalue weighted by atomic mass is 10.1. The van der Waals surface area contributed by atoms with Crippen molar-refractivity contribution in [3.8, 4) is 23.0 Å². The molecular formula is C13H14N2O4. The molecule has 100 valence electrons. The highest BCUT2D eigenvalue weighted by molar-refractivity contribution is 5.70. The second kappa shape index (κ2) is 4.89. The fourth-order valence-electron chi connectivity index (χ4n) is 2.14. The number of aromatic hydroxyl groups is 1. The zero-order valence-electron chi connectivity index (χ0n) is 10.5. The van der Waals surface area contributed by atoms with Crippen LogP contribution in [-0.2, 0) is 4.74 Å². The molecule has 2 aromatic rings. The maximum Gasteiger partial charge on any atom is 0.265 e. The van der Waals surface area contributed by atoms with Crippen LogP contribution in [0, 0.1) is 0 Å². The monoisotopic (exact) mass is 262 g/mol. The second-order valence-electron chi connectivity index (χ2n) is 4.37. The van der Waals surface area contributed by atoms with Crippen LogP contribution in [-0.4, -0.2) is 35.6 Å². The average molecular weight is 262 g/mol. The Morgan fingerprint density at radius 3 is 3.05 bits per heavy atom. The maximum atomic E-state index is 9.92. The number of nitrogens with zero attached hydrogens (tertiary/aromatic N) is 2. The minimum absolute atomic E-state index is 0.0530. The molecule has 0 spiro atoms. The number of rotatable bonds is 3. The van der Waals surface area contributed by atoms with Crippen molar-refractivity contribution in [3.05, 3.63) is 24.0 Å². The van der Waals surface area contributed by atoms with Gasteiger partial charge in [-0.2, -0.15) is 4.98 Å². The van der Waals surface area contributed by atoms with Gasteiger partial charge in [0.2, 0.25) is 0 Å². The summed E-state index contributed by atoms with van der Waals surface area (Å²) in [5, 5.41) is 13.9. The zero-order valence-corrected chi connectivity index (χ0v) is 10.5. The Kier molecular flexibility index (Phi) is 3.08. The number of benzene rings is 1. The topological polar surface area (TPSA) is 77.6 Å². The number of methoxy groups -OCH3 is 1. The van der Waals surface area contributed by atoms with E-state index in [0.717, 1.165) is 6.42 Å². The van der Waals surface area contributed by atoms with Crippen LogP contribution in [0.2, 0.25) is 0 Å². The summed E-state index contributed by atoms with van der Waals surface area (Å²) >= 11 is 0. The fourth-order valence-corrected chi connectivity index (χ4v) is 2.14. The van der Waals surface area contributed by atoms with Crippen molar-refractivity contribution in [2.24, 2.45) is 0 Å². The van der Waals surface area contributed by atoms with Crippen LogP contribution >= 0.6 is 0 Å². The van der Waals surface area contributed by atoms with Gasteiger partial charge in [0.15, 0.2) is 5.82 Å². The molecule has 6 heteroatoms. The summed E-state index contributed by atoms with van der Waals surface area (Å²) in [6.45, 7) is 1.32. The Balaban J connectivity index is 1.98. The van der Waals surface area contributed by atoms with Crippen molar-refractivity contribution in [2.75, 3.05) is 20.3 Å². The van der Waals surface area contributed by atoms with E-state index in [2.05, 4.69) is 10.1 Å². The van der Waals surface area contributed by atoms with Gasteiger partial charge in [0, 0.05) is 12.5 Å². The molecule has 1 atom stereocenters. The third-order valence-corrected chi connectivity index (χ3v) is 3.17. The molecule has 0 aliphatic carbocycles. The van der Waals surface area contributed by atoms with Crippen LogP contribution in [0.4, 0.5) is 0 Å². The first-order chi connectivity index (χ1) is 9.29. The molecule has 19 heavy (non-hydrogen) atoms. The van der Waals surface area contributed by atoms with Crippen LogP contribution in [0.3, 0.4) is 0 Å². The molecule has 0 unspecified atom stereocenters. The Labute approximate surface area is 110 Å². The van der Waals surface area contributed by atoms with Crippen LogP contribution in [0.5, 0.6) is 11.5 Å². The van der Waals surface area contributed by atoms with Crippen molar-refractivity contribution in [2.45, 2.75) is 12.3 Å². The molecule has 0 radical (unpaired) electrons. The van der Waals surface area contributed by atoms with Crippen LogP contribution in [0.1, 0.15) is 18.2 Å². The summed E-state index contributed by atoms with van der Waals surface area (Å²) < 4.78 is 15.7. The number of hydrogen-bond acceptors (Lipinski definition) is 6. The predicted molar refractivity (Wildman–Crippen MR) is 66.1 cm³/mol. The summed E-state index contributed by atoms with van der Waals surface area (Å²) in [6.07, 6.45) is 0.886. The van der Waals surface area contributed by atoms with E-state index in [1.165, 1.54) is 7.11 Å². The molecule has 0 bridgehead atoms. The largest absolute Gasteiger partial charge is 0.507 e. The number of aromatic nitrogens is 2. The van der Waals surface area contributed by atoms with E-state index in [1.807, 2.05) is 0 Å². The first-order valence-electron chi connectivity index (χ1n) is 6.07. The lowest BCUT2D eigenvalue weighted by molar-refractivity contribution is 0.192. The van der Waals surface area contributed by atoms with Gasteiger partial charge in [-0.05, 0) is 18.6 Å². The minimum atomic E-state index is 0.0530. The molecule has 1 aliphatic rings. The van der Waals surface area contributed by atoms with E-state index in [-0.39, 0.29) is 17.6 Å². The summed E-state index contributed by atoms with van der Waals surface area (Å²) in [4.78, 5) is 4.33. The quantitative estimate of drug-likeness (QED) is 0.911. The van der Waals surface area contributed by atoms with Gasteiger partial charge in [-0.3, -0.25) is 0 Å². The standard InChI is InChI=1S/C13H14N2O4/c1-17-10-4-2-3-9(16)11(10)13-14-12(15-19-13)8-5-6-18-7-8/h2-4,8,16H,5-7H2,1H3/t8-/m0/s1. The highest BCUT2D eigenvalue weighted by Crippen LogP contribution is 2.37. The average Bonchev–Trinajstić information content (AvgIpc) is 3.08. The number of hydrogen-bond donors (Lipinski definition) is 1. The van der Waals surface area contributed by atoms with Gasteiger partial charge in [0.05, 0.1) is 13.7 Å². The molecule has 1 aliphatic heterocycles. The summed E-state index contributed by atoms with van der Waals surface area (Å²) in [5.74, 6) is 1.58. The third kappa shape index (κ3) is 2.15. The molecule has 2 heterocycles. The predicted octanol–water partition coefficient (Wildman–Crippen LogP) is 1.95. The molecule has 1 N–H and O–H groups in total. The van der Waals surface area contributed by atoms with Gasteiger partial charge in [-0.1, -0.05) is 11.2 Å². The van der Waals surface area contributed by atoms with E-state index in [0.29, 0.717) is 30.4 Å². The highest BCUT2D eigenvalue weighted by Gasteiger charge is 2.25. The second-order valence-corrected chi connectivity index (χ2v) is 4.37. The first kappa shape index (κ1) is 12.0. The Bertz CT molecular complexity index is 576. The smallest absolute Gasteiger partial charge is 0.265 e. The van der Waals surface area contributed by atoms with Gasteiger partial charge >= 0.3 is 0 Å². The Morgan fingerprint density at radius 2 is 2.32 bits per heavy atom. The van der Waals surface area contributed by atoms with E-state index in [4.69, 9.17) is 14.0 Å². The van der Waals surface area contributed by atoms with Gasteiger partial charge in [-0.25, -0.2) is 0 Å². The molecule has 1 aromatic heterocycles. The van der Waals surface area contributed by atoms with Crippen LogP contribution in [0.15, 0.2) is 22.7 Å². The third-order valence-electron chi connectivity index (χ3n) is 3.17. The SMILES string of the molecule is COc1cccc(O)c1-c1nc([C@H]2CCOC2)no1. The summed E-state index contributed by atoms with van der Waals surface area (Å²) in [5.41, 5.74) is 0.419. The first-order valence-corrected chi connectivity index (χ1v) is 6.07. The van der Waals surface area contributed by atoms with E-state index < -0.39 is 0 Å². The highest BCUT2D eigenvalue weighted by atomic mass is 16.5. The molecule has 1 saturated heterocycles. The van der Waals surface area contributed by atoms with Gasteiger partial charge in [0.25, 0.3) is 5.89 Å². The van der Waals surface area contributed by atoms with E-state index >= 15 is 0 Å². The van der Waals surface area contributed by atoms with Crippen molar-refractivity contribution in [1.29, 1.82) is 0 Å². The molecule has 1 fully saturated rings. The fraction of sp³-hybridized carbons (Fsp3) is 0.385. The van der Waals surface area contributed by atoms with Crippen molar-refractivity contribution in [3.63, 3.8) is 0 Å². The van der Waals surface area contributed by atoms with Crippen molar-refractivity contribution >= 4 is 0 Å². The molecule has 6 nitrogen and oxygen atoms in total.